The third-order valence-corrected chi connectivity index (χ3v) is 5.77. The second-order valence-corrected chi connectivity index (χ2v) is 8.53. The van der Waals surface area contributed by atoms with Crippen LogP contribution in [0, 0.1) is 13.8 Å². The maximum absolute atomic E-state index is 12.9. The molecule has 1 unspecified atom stereocenters. The Morgan fingerprint density at radius 3 is 1.97 bits per heavy atom. The van der Waals surface area contributed by atoms with Crippen LogP contribution in [-0.2, 0) is 25.6 Å². The Morgan fingerprint density at radius 2 is 1.37 bits per heavy atom. The molecule has 35 heavy (non-hydrogen) atoms. The summed E-state index contributed by atoms with van der Waals surface area (Å²) in [6, 6.07) is 23.3. The molecule has 0 saturated carbocycles. The number of hydrogen-bond donors (Lipinski definition) is 1. The first-order chi connectivity index (χ1) is 16.9. The first-order valence-corrected chi connectivity index (χ1v) is 11.4. The van der Waals surface area contributed by atoms with E-state index in [2.05, 4.69) is 0 Å². The molecular formula is C28H28O7. The van der Waals surface area contributed by atoms with E-state index in [4.69, 9.17) is 18.9 Å². The van der Waals surface area contributed by atoms with Crippen LogP contribution in [0.2, 0.25) is 0 Å². The predicted octanol–water partition coefficient (Wildman–Crippen LogP) is 3.99. The Hall–Kier alpha value is -3.52. The molecule has 3 aromatic rings. The van der Waals surface area contributed by atoms with Gasteiger partial charge in [-0.05, 0) is 43.7 Å². The molecule has 4 atom stereocenters. The van der Waals surface area contributed by atoms with Gasteiger partial charge < -0.3 is 24.1 Å². The van der Waals surface area contributed by atoms with Gasteiger partial charge in [0.25, 0.3) is 0 Å². The molecular weight excluding hydrogens is 448 g/mol. The van der Waals surface area contributed by atoms with E-state index in [9.17, 15) is 14.7 Å². The van der Waals surface area contributed by atoms with Crippen LogP contribution in [0.25, 0.3) is 0 Å². The third kappa shape index (κ3) is 6.33. The molecule has 0 amide bonds. The van der Waals surface area contributed by atoms with Gasteiger partial charge in [-0.15, -0.1) is 0 Å². The van der Waals surface area contributed by atoms with Crippen molar-refractivity contribution in [2.75, 3.05) is 6.61 Å². The number of benzene rings is 3. The van der Waals surface area contributed by atoms with E-state index in [1.807, 2.05) is 56.3 Å². The van der Waals surface area contributed by atoms with E-state index < -0.39 is 36.5 Å². The number of ether oxygens (including phenoxy) is 4. The van der Waals surface area contributed by atoms with E-state index in [0.717, 1.165) is 16.7 Å². The van der Waals surface area contributed by atoms with E-state index in [-0.39, 0.29) is 13.2 Å². The lowest BCUT2D eigenvalue weighted by atomic mass is 10.1. The Morgan fingerprint density at radius 1 is 0.800 bits per heavy atom. The van der Waals surface area contributed by atoms with Crippen molar-refractivity contribution in [1.82, 2.24) is 0 Å². The number of carbonyl (C=O) groups excluding carboxylic acids is 2. The minimum Gasteiger partial charge on any atom is -0.459 e. The molecule has 4 rings (SSSR count). The van der Waals surface area contributed by atoms with Crippen molar-refractivity contribution in [2.24, 2.45) is 0 Å². The molecule has 1 saturated heterocycles. The van der Waals surface area contributed by atoms with Crippen molar-refractivity contribution >= 4 is 11.9 Å². The van der Waals surface area contributed by atoms with Crippen LogP contribution in [0.4, 0.5) is 0 Å². The van der Waals surface area contributed by atoms with Gasteiger partial charge in [-0.25, -0.2) is 9.59 Å². The minimum absolute atomic E-state index is 0.181. The van der Waals surface area contributed by atoms with E-state index in [1.165, 1.54) is 0 Å². The van der Waals surface area contributed by atoms with E-state index >= 15 is 0 Å². The average molecular weight is 477 g/mol. The number of rotatable bonds is 8. The van der Waals surface area contributed by atoms with Crippen molar-refractivity contribution in [3.05, 3.63) is 107 Å². The largest absolute Gasteiger partial charge is 0.459 e. The summed E-state index contributed by atoms with van der Waals surface area (Å²) < 4.78 is 22.7. The molecule has 0 bridgehead atoms. The van der Waals surface area contributed by atoms with Gasteiger partial charge in [0.1, 0.15) is 18.8 Å². The van der Waals surface area contributed by atoms with Gasteiger partial charge in [-0.2, -0.15) is 0 Å². The van der Waals surface area contributed by atoms with E-state index in [1.54, 1.807) is 36.4 Å². The van der Waals surface area contributed by atoms with Crippen LogP contribution < -0.4 is 0 Å². The van der Waals surface area contributed by atoms with Gasteiger partial charge in [-0.3, -0.25) is 0 Å². The van der Waals surface area contributed by atoms with Crippen molar-refractivity contribution in [2.45, 2.75) is 45.1 Å². The van der Waals surface area contributed by atoms with Crippen LogP contribution in [0.3, 0.4) is 0 Å². The molecule has 1 heterocycles. The third-order valence-electron chi connectivity index (χ3n) is 5.77. The lowest BCUT2D eigenvalue weighted by molar-refractivity contribution is -0.150. The summed E-state index contributed by atoms with van der Waals surface area (Å²) in [7, 11) is 0. The summed E-state index contributed by atoms with van der Waals surface area (Å²) in [5.41, 5.74) is 3.66. The van der Waals surface area contributed by atoms with Gasteiger partial charge >= 0.3 is 11.9 Å². The molecule has 0 aromatic heterocycles. The average Bonchev–Trinajstić information content (AvgIpc) is 3.16. The standard InChI is InChI=1S/C28H28O7/c1-18-8-12-21(13-9-18)26(29)33-17-23-24(35-27(30)22-14-10-19(2)11-15-22)25(28(31)34-23)32-16-20-6-4-3-5-7-20/h3-15,23-25,28,31H,16-17H2,1-2H3/t23-,24+,25-,28?/m1/s1. The minimum atomic E-state index is -1.36. The quantitative estimate of drug-likeness (QED) is 0.492. The fourth-order valence-electron chi connectivity index (χ4n) is 3.74. The first-order valence-electron chi connectivity index (χ1n) is 11.4. The summed E-state index contributed by atoms with van der Waals surface area (Å²) >= 11 is 0. The molecule has 0 radical (unpaired) electrons. The zero-order valence-electron chi connectivity index (χ0n) is 19.6. The highest BCUT2D eigenvalue weighted by Gasteiger charge is 2.48. The highest BCUT2D eigenvalue weighted by atomic mass is 16.7. The Balaban J connectivity index is 1.47. The number of carbonyl (C=O) groups is 2. The van der Waals surface area contributed by atoms with Gasteiger partial charge in [-0.1, -0.05) is 65.7 Å². The number of aliphatic hydroxyl groups is 1. The van der Waals surface area contributed by atoms with Crippen LogP contribution >= 0.6 is 0 Å². The van der Waals surface area contributed by atoms with Gasteiger partial charge in [0.15, 0.2) is 12.4 Å². The SMILES string of the molecule is Cc1ccc(C(=O)OC[C@H]2OC(O)[C@H](OCc3ccccc3)[C@H]2OC(=O)c2ccc(C)cc2)cc1. The van der Waals surface area contributed by atoms with Gasteiger partial charge in [0, 0.05) is 0 Å². The van der Waals surface area contributed by atoms with Crippen LogP contribution in [0.15, 0.2) is 78.9 Å². The van der Waals surface area contributed by atoms with Crippen LogP contribution in [0.1, 0.15) is 37.4 Å². The zero-order chi connectivity index (χ0) is 24.8. The molecule has 1 aliphatic rings. The van der Waals surface area contributed by atoms with E-state index in [0.29, 0.717) is 11.1 Å². The summed E-state index contributed by atoms with van der Waals surface area (Å²) in [6.07, 6.45) is -4.23. The monoisotopic (exact) mass is 476 g/mol. The number of hydrogen-bond acceptors (Lipinski definition) is 7. The van der Waals surface area contributed by atoms with Crippen LogP contribution in [0.5, 0.6) is 0 Å². The van der Waals surface area contributed by atoms with Crippen molar-refractivity contribution < 1.29 is 33.6 Å². The van der Waals surface area contributed by atoms with Crippen molar-refractivity contribution in [1.29, 1.82) is 0 Å². The molecule has 0 aliphatic carbocycles. The maximum Gasteiger partial charge on any atom is 0.338 e. The number of aryl methyl sites for hydroxylation is 2. The summed E-state index contributed by atoms with van der Waals surface area (Å²) in [5, 5.41) is 10.6. The lowest BCUT2D eigenvalue weighted by Gasteiger charge is -2.23. The molecule has 7 heteroatoms. The predicted molar refractivity (Wildman–Crippen MR) is 128 cm³/mol. The Kier molecular flexibility index (Phi) is 7.92. The molecule has 3 aromatic carbocycles. The Labute approximate surface area is 204 Å². The second-order valence-electron chi connectivity index (χ2n) is 8.53. The smallest absolute Gasteiger partial charge is 0.338 e. The number of esters is 2. The summed E-state index contributed by atoms with van der Waals surface area (Å²) in [6.45, 7) is 3.80. The highest BCUT2D eigenvalue weighted by Crippen LogP contribution is 2.28. The zero-order valence-corrected chi connectivity index (χ0v) is 19.6. The second kappa shape index (κ2) is 11.3. The molecule has 1 fully saturated rings. The van der Waals surface area contributed by atoms with Crippen LogP contribution in [-0.4, -0.2) is 48.3 Å². The molecule has 7 nitrogen and oxygen atoms in total. The Bertz CT molecular complexity index is 1130. The molecule has 1 N–H and O–H groups in total. The normalized spacial score (nSPS) is 21.5. The molecule has 1 aliphatic heterocycles. The van der Waals surface area contributed by atoms with Crippen molar-refractivity contribution in [3.63, 3.8) is 0 Å². The number of aliphatic hydroxyl groups excluding tert-OH is 1. The first kappa shape index (κ1) is 24.6. The fraction of sp³-hybridized carbons (Fsp3) is 0.286. The van der Waals surface area contributed by atoms with Gasteiger partial charge in [0.05, 0.1) is 17.7 Å². The fourth-order valence-corrected chi connectivity index (χ4v) is 3.74. The highest BCUT2D eigenvalue weighted by molar-refractivity contribution is 5.90. The van der Waals surface area contributed by atoms with Crippen molar-refractivity contribution in [3.8, 4) is 0 Å². The maximum atomic E-state index is 12.9. The topological polar surface area (TPSA) is 91.3 Å². The summed E-state index contributed by atoms with van der Waals surface area (Å²) in [5.74, 6) is -1.13. The molecule has 182 valence electrons. The van der Waals surface area contributed by atoms with Gasteiger partial charge in [0.2, 0.25) is 0 Å². The molecule has 0 spiro atoms. The lowest BCUT2D eigenvalue weighted by Crippen LogP contribution is -2.40. The summed E-state index contributed by atoms with van der Waals surface area (Å²) in [4.78, 5) is 25.3.